The summed E-state index contributed by atoms with van der Waals surface area (Å²) in [5, 5.41) is 11.5. The Morgan fingerprint density at radius 1 is 1.33 bits per heavy atom. The smallest absolute Gasteiger partial charge is 1.00 e. The summed E-state index contributed by atoms with van der Waals surface area (Å²) in [4.78, 5) is 22.8. The van der Waals surface area contributed by atoms with Gasteiger partial charge in [0.2, 0.25) is 0 Å². The number of rotatable bonds is 4. The van der Waals surface area contributed by atoms with Crippen LogP contribution in [0.3, 0.4) is 0 Å². The van der Waals surface area contributed by atoms with Gasteiger partial charge in [0.05, 0.1) is 0 Å². The van der Waals surface area contributed by atoms with Gasteiger partial charge >= 0.3 is 81.0 Å². The first kappa shape index (κ1) is 21.7. The molecule has 0 aliphatic heterocycles. The van der Waals surface area contributed by atoms with E-state index in [4.69, 9.17) is 9.84 Å². The standard InChI is InChI=1S/C14H18INO4.Cs.H/c1-14(2,3)20-13(19)16-11(12(17)18)8-9-4-6-10(15)7-5-9;;/h4-7,11H,8H2,1-3H3,(H,16,19)(H,17,18);;/q;+1;-1. The molecule has 0 bridgehead atoms. The molecule has 1 amide bonds. The number of carboxylic acids is 1. The molecule has 1 aromatic rings. The van der Waals surface area contributed by atoms with Crippen LogP contribution in [0.25, 0.3) is 0 Å². The molecule has 7 heteroatoms. The van der Waals surface area contributed by atoms with Crippen LogP contribution < -0.4 is 74.2 Å². The average Bonchev–Trinajstić information content (AvgIpc) is 2.28. The van der Waals surface area contributed by atoms with E-state index in [0.717, 1.165) is 9.13 Å². The number of alkyl carbamates (subject to hydrolysis) is 1. The second-order valence-corrected chi connectivity index (χ2v) is 6.61. The predicted molar refractivity (Wildman–Crippen MR) is 84.8 cm³/mol. The van der Waals surface area contributed by atoms with E-state index in [1.54, 1.807) is 20.8 Å². The van der Waals surface area contributed by atoms with Crippen molar-refractivity contribution in [3.63, 3.8) is 0 Å². The minimum atomic E-state index is -1.09. The average molecular weight is 525 g/mol. The van der Waals surface area contributed by atoms with Crippen LogP contribution in [0.15, 0.2) is 24.3 Å². The van der Waals surface area contributed by atoms with Crippen LogP contribution in [-0.4, -0.2) is 28.8 Å². The number of aliphatic carboxylic acids is 1. The zero-order valence-electron chi connectivity index (χ0n) is 13.6. The molecule has 0 aromatic heterocycles. The Bertz CT molecular complexity index is 491. The first-order valence-electron chi connectivity index (χ1n) is 6.14. The van der Waals surface area contributed by atoms with Crippen molar-refractivity contribution in [3.05, 3.63) is 33.4 Å². The van der Waals surface area contributed by atoms with E-state index in [0.29, 0.717) is 0 Å². The Morgan fingerprint density at radius 2 is 1.86 bits per heavy atom. The molecule has 1 rings (SSSR count). The van der Waals surface area contributed by atoms with Gasteiger partial charge in [-0.1, -0.05) is 12.1 Å². The molecule has 0 spiro atoms. The molecule has 0 aliphatic carbocycles. The van der Waals surface area contributed by atoms with Gasteiger partial charge in [0.25, 0.3) is 0 Å². The summed E-state index contributed by atoms with van der Waals surface area (Å²) in [5.41, 5.74) is 0.185. The number of carbonyl (C=O) groups is 2. The molecule has 5 nitrogen and oxygen atoms in total. The molecule has 0 heterocycles. The minimum Gasteiger partial charge on any atom is -1.00 e. The van der Waals surface area contributed by atoms with Crippen LogP contribution in [0.4, 0.5) is 4.79 Å². The molecule has 1 atom stereocenters. The second kappa shape index (κ2) is 9.79. The van der Waals surface area contributed by atoms with Gasteiger partial charge < -0.3 is 16.6 Å². The third-order valence-corrected chi connectivity index (χ3v) is 3.06. The van der Waals surface area contributed by atoms with Crippen molar-refractivity contribution in [2.75, 3.05) is 0 Å². The summed E-state index contributed by atoms with van der Waals surface area (Å²) in [5.74, 6) is -1.09. The van der Waals surface area contributed by atoms with Gasteiger partial charge in [-0.3, -0.25) is 0 Å². The number of halogens is 1. The summed E-state index contributed by atoms with van der Waals surface area (Å²) in [6.07, 6.45) is -0.513. The number of hydrogen-bond donors (Lipinski definition) is 2. The number of amides is 1. The molecule has 0 fully saturated rings. The zero-order chi connectivity index (χ0) is 15.3. The van der Waals surface area contributed by atoms with Gasteiger partial charge in [0, 0.05) is 9.99 Å². The number of benzene rings is 1. The fraction of sp³-hybridized carbons (Fsp3) is 0.429. The Morgan fingerprint density at radius 3 is 2.29 bits per heavy atom. The quantitative estimate of drug-likeness (QED) is 0.541. The Hall–Kier alpha value is 0.742. The van der Waals surface area contributed by atoms with Crippen LogP contribution in [0, 0.1) is 3.57 Å². The van der Waals surface area contributed by atoms with E-state index in [2.05, 4.69) is 27.9 Å². The van der Waals surface area contributed by atoms with Gasteiger partial charge in [-0.05, 0) is 61.1 Å². The van der Waals surface area contributed by atoms with Crippen molar-refractivity contribution in [2.24, 2.45) is 0 Å². The van der Waals surface area contributed by atoms with Crippen LogP contribution in [0.2, 0.25) is 0 Å². The van der Waals surface area contributed by atoms with E-state index in [1.165, 1.54) is 0 Å². The van der Waals surface area contributed by atoms with Gasteiger partial charge in [-0.15, -0.1) is 0 Å². The Balaban J connectivity index is 0. The Kier molecular flexibility index (Phi) is 10.1. The topological polar surface area (TPSA) is 75.6 Å². The number of carboxylic acid groups (broad SMARTS) is 1. The minimum absolute atomic E-state index is 0. The van der Waals surface area contributed by atoms with Crippen molar-refractivity contribution in [3.8, 4) is 0 Å². The van der Waals surface area contributed by atoms with Crippen molar-refractivity contribution < 1.29 is 89.8 Å². The summed E-state index contributed by atoms with van der Waals surface area (Å²) >= 11 is 2.17. The van der Waals surface area contributed by atoms with Crippen molar-refractivity contribution in [1.29, 1.82) is 0 Å². The van der Waals surface area contributed by atoms with Crippen LogP contribution in [0.1, 0.15) is 27.8 Å². The van der Waals surface area contributed by atoms with Crippen molar-refractivity contribution in [2.45, 2.75) is 38.8 Å². The first-order valence-corrected chi connectivity index (χ1v) is 7.22. The number of hydrogen-bond acceptors (Lipinski definition) is 3. The maximum atomic E-state index is 11.6. The summed E-state index contributed by atoms with van der Waals surface area (Å²) in [7, 11) is 0. The molecule has 2 N–H and O–H groups in total. The largest absolute Gasteiger partial charge is 1.00 e. The molecule has 1 aromatic carbocycles. The molecule has 0 aliphatic rings. The third kappa shape index (κ3) is 9.47. The monoisotopic (exact) mass is 525 g/mol. The summed E-state index contributed by atoms with van der Waals surface area (Å²) in [6.45, 7) is 5.17. The van der Waals surface area contributed by atoms with Gasteiger partial charge in [0.1, 0.15) is 11.6 Å². The van der Waals surface area contributed by atoms with E-state index in [1.807, 2.05) is 24.3 Å². The van der Waals surface area contributed by atoms with Crippen LogP contribution >= 0.6 is 22.6 Å². The van der Waals surface area contributed by atoms with Gasteiger partial charge in [-0.2, -0.15) is 0 Å². The molecular formula is C14H19CsINO4. The zero-order valence-corrected chi connectivity index (χ0v) is 21.1. The van der Waals surface area contributed by atoms with Crippen molar-refractivity contribution >= 4 is 34.7 Å². The number of carbonyl (C=O) groups excluding carboxylic acids is 1. The molecule has 0 radical (unpaired) electrons. The predicted octanol–water partition coefficient (Wildman–Crippen LogP) is -0.0719. The maximum Gasteiger partial charge on any atom is 1.00 e. The fourth-order valence-corrected chi connectivity index (χ4v) is 1.87. The Labute approximate surface area is 198 Å². The fourth-order valence-electron chi connectivity index (χ4n) is 1.51. The summed E-state index contributed by atoms with van der Waals surface area (Å²) in [6, 6.07) is 6.46. The van der Waals surface area contributed by atoms with E-state index >= 15 is 0 Å². The second-order valence-electron chi connectivity index (χ2n) is 5.37. The van der Waals surface area contributed by atoms with E-state index in [-0.39, 0.29) is 76.7 Å². The normalized spacial score (nSPS) is 12.0. The molecule has 112 valence electrons. The third-order valence-electron chi connectivity index (χ3n) is 2.34. The van der Waals surface area contributed by atoms with Crippen LogP contribution in [-0.2, 0) is 16.0 Å². The van der Waals surface area contributed by atoms with Crippen LogP contribution in [0.5, 0.6) is 0 Å². The van der Waals surface area contributed by atoms with Crippen molar-refractivity contribution in [1.82, 2.24) is 5.32 Å². The maximum absolute atomic E-state index is 11.6. The van der Waals surface area contributed by atoms with Gasteiger partial charge in [-0.25, -0.2) is 9.59 Å². The number of nitrogens with one attached hydrogen (secondary N) is 1. The van der Waals surface area contributed by atoms with Gasteiger partial charge in [0.15, 0.2) is 0 Å². The molecule has 1 unspecified atom stereocenters. The summed E-state index contributed by atoms with van der Waals surface area (Å²) < 4.78 is 6.13. The molecule has 0 saturated heterocycles. The number of ether oxygens (including phenoxy) is 1. The molecule has 0 saturated carbocycles. The van der Waals surface area contributed by atoms with E-state index in [9.17, 15) is 9.59 Å². The molecule has 21 heavy (non-hydrogen) atoms. The van der Waals surface area contributed by atoms with E-state index < -0.39 is 23.7 Å². The molecular weight excluding hydrogens is 506 g/mol. The first-order chi connectivity index (χ1) is 9.17. The SMILES string of the molecule is CC(C)(C)OC(=O)NC(Cc1ccc(I)cc1)C(=O)O.[Cs+].[H-].